The summed E-state index contributed by atoms with van der Waals surface area (Å²) < 4.78 is 4.74. The molecule has 4 heteroatoms. The minimum absolute atomic E-state index is 0.358. The summed E-state index contributed by atoms with van der Waals surface area (Å²) in [4.78, 5) is 23.2. The Balaban J connectivity index is 0.000000448. The molecular formula is C38H61O3P. The van der Waals surface area contributed by atoms with E-state index in [1.165, 1.54) is 116 Å². The number of unbranched alkanes of at least 4 members (excludes halogenated alkanes) is 15. The number of ether oxygens (including phenoxy) is 1. The third-order valence-corrected chi connectivity index (χ3v) is 10.5. The average Bonchev–Trinajstić information content (AvgIpc) is 3.03. The lowest BCUT2D eigenvalue weighted by Gasteiger charge is -2.18. The van der Waals surface area contributed by atoms with E-state index in [2.05, 4.69) is 20.8 Å². The van der Waals surface area contributed by atoms with Crippen molar-refractivity contribution in [3.63, 3.8) is 0 Å². The summed E-state index contributed by atoms with van der Waals surface area (Å²) in [7, 11) is 0.366. The van der Waals surface area contributed by atoms with Crippen molar-refractivity contribution in [2.24, 2.45) is 0 Å². The third kappa shape index (κ3) is 20.8. The zero-order chi connectivity index (χ0) is 30.5. The van der Waals surface area contributed by atoms with Crippen molar-refractivity contribution in [1.82, 2.24) is 0 Å². The Morgan fingerprint density at radius 3 is 1.05 bits per heavy atom. The molecule has 0 spiro atoms. The summed E-state index contributed by atoms with van der Waals surface area (Å²) in [6.45, 7) is 6.96. The van der Waals surface area contributed by atoms with Crippen LogP contribution in [0, 0.1) is 0 Å². The minimum Gasteiger partial charge on any atom is -0.386 e. The molecule has 0 aromatic heterocycles. The highest BCUT2D eigenvalue weighted by Gasteiger charge is 2.13. The molecule has 0 aliphatic heterocycles. The Hall–Kier alpha value is -1.99. The summed E-state index contributed by atoms with van der Waals surface area (Å²) in [6, 6.07) is 16.8. The van der Waals surface area contributed by atoms with Crippen molar-refractivity contribution in [2.75, 3.05) is 18.5 Å². The van der Waals surface area contributed by atoms with Gasteiger partial charge >= 0.3 is 11.9 Å². The first-order chi connectivity index (χ1) is 20.6. The SMILES string of the molecule is CCCCCCCCP(CCCCCCCC)CCCCCCCC.O=C(OC(=O)c1ccccc1)c1ccccc1. The normalized spacial score (nSPS) is 10.8. The number of hydrogen-bond acceptors (Lipinski definition) is 3. The van der Waals surface area contributed by atoms with E-state index in [0.29, 0.717) is 19.0 Å². The number of carbonyl (C=O) groups excluding carboxylic acids is 2. The summed E-state index contributed by atoms with van der Waals surface area (Å²) in [5.41, 5.74) is 0.716. The van der Waals surface area contributed by atoms with Crippen LogP contribution in [0.15, 0.2) is 60.7 Å². The van der Waals surface area contributed by atoms with Gasteiger partial charge in [0, 0.05) is 0 Å². The first-order valence-electron chi connectivity index (χ1n) is 17.2. The number of esters is 2. The van der Waals surface area contributed by atoms with Crippen molar-refractivity contribution in [1.29, 1.82) is 0 Å². The lowest BCUT2D eigenvalue weighted by atomic mass is 10.1. The topological polar surface area (TPSA) is 43.4 Å². The van der Waals surface area contributed by atoms with Crippen molar-refractivity contribution >= 4 is 19.9 Å². The van der Waals surface area contributed by atoms with Gasteiger partial charge in [0.2, 0.25) is 0 Å². The van der Waals surface area contributed by atoms with Crippen molar-refractivity contribution in [3.05, 3.63) is 71.8 Å². The van der Waals surface area contributed by atoms with Gasteiger partial charge in [0.1, 0.15) is 0 Å². The van der Waals surface area contributed by atoms with Crippen LogP contribution in [0.25, 0.3) is 0 Å². The summed E-state index contributed by atoms with van der Waals surface area (Å²) in [5.74, 6) is -1.28. The second kappa shape index (κ2) is 27.8. The Bertz CT molecular complexity index is 796. The van der Waals surface area contributed by atoms with E-state index >= 15 is 0 Å². The average molecular weight is 597 g/mol. The van der Waals surface area contributed by atoms with Gasteiger partial charge < -0.3 is 4.74 Å². The third-order valence-electron chi connectivity index (χ3n) is 7.69. The van der Waals surface area contributed by atoms with E-state index in [4.69, 9.17) is 4.74 Å². The molecule has 42 heavy (non-hydrogen) atoms. The maximum atomic E-state index is 11.6. The van der Waals surface area contributed by atoms with Gasteiger partial charge in [-0.3, -0.25) is 0 Å². The van der Waals surface area contributed by atoms with Crippen molar-refractivity contribution in [3.8, 4) is 0 Å². The first-order valence-corrected chi connectivity index (χ1v) is 19.1. The van der Waals surface area contributed by atoms with Gasteiger partial charge in [0.05, 0.1) is 11.1 Å². The van der Waals surface area contributed by atoms with E-state index in [9.17, 15) is 9.59 Å². The summed E-state index contributed by atoms with van der Waals surface area (Å²) in [6.07, 6.45) is 31.2. The fourth-order valence-electron chi connectivity index (χ4n) is 5.03. The van der Waals surface area contributed by atoms with Gasteiger partial charge in [-0.05, 0) is 62.0 Å². The number of rotatable bonds is 23. The minimum atomic E-state index is -0.639. The molecule has 0 heterocycles. The Morgan fingerprint density at radius 1 is 0.452 bits per heavy atom. The molecule has 3 nitrogen and oxygen atoms in total. The molecule has 0 radical (unpaired) electrons. The maximum Gasteiger partial charge on any atom is 0.346 e. The molecule has 0 unspecified atom stereocenters. The largest absolute Gasteiger partial charge is 0.386 e. The van der Waals surface area contributed by atoms with Crippen molar-refractivity contribution < 1.29 is 14.3 Å². The highest BCUT2D eigenvalue weighted by molar-refractivity contribution is 7.57. The van der Waals surface area contributed by atoms with Crippen LogP contribution in [-0.4, -0.2) is 30.4 Å². The number of carbonyl (C=O) groups is 2. The van der Waals surface area contributed by atoms with Crippen LogP contribution in [-0.2, 0) is 4.74 Å². The van der Waals surface area contributed by atoms with Crippen LogP contribution in [0.4, 0.5) is 0 Å². The fraction of sp³-hybridized carbons (Fsp3) is 0.632. The molecule has 0 atom stereocenters. The number of benzene rings is 2. The van der Waals surface area contributed by atoms with E-state index in [-0.39, 0.29) is 0 Å². The zero-order valence-corrected chi connectivity index (χ0v) is 28.2. The van der Waals surface area contributed by atoms with Gasteiger partial charge in [0.25, 0.3) is 0 Å². The molecule has 0 bridgehead atoms. The Labute approximate surface area is 260 Å². The maximum absolute atomic E-state index is 11.6. The molecule has 0 saturated carbocycles. The van der Waals surface area contributed by atoms with Crippen LogP contribution >= 0.6 is 7.92 Å². The highest BCUT2D eigenvalue weighted by Crippen LogP contribution is 2.39. The summed E-state index contributed by atoms with van der Waals surface area (Å²) >= 11 is 0. The molecule has 0 fully saturated rings. The lowest BCUT2D eigenvalue weighted by molar-refractivity contribution is 0.0397. The molecule has 2 aromatic rings. The molecule has 0 N–H and O–H groups in total. The monoisotopic (exact) mass is 596 g/mol. The van der Waals surface area contributed by atoms with Gasteiger partial charge in [-0.25, -0.2) is 9.59 Å². The smallest absolute Gasteiger partial charge is 0.346 e. The molecule has 0 saturated heterocycles. The highest BCUT2D eigenvalue weighted by atomic mass is 31.1. The van der Waals surface area contributed by atoms with Gasteiger partial charge in [-0.1, -0.05) is 153 Å². The lowest BCUT2D eigenvalue weighted by Crippen LogP contribution is -2.12. The van der Waals surface area contributed by atoms with Gasteiger partial charge in [-0.2, -0.15) is 0 Å². The predicted molar refractivity (Wildman–Crippen MR) is 184 cm³/mol. The quantitative estimate of drug-likeness (QED) is 0.0554. The van der Waals surface area contributed by atoms with E-state index in [0.717, 1.165) is 0 Å². The van der Waals surface area contributed by atoms with E-state index in [1.54, 1.807) is 79.1 Å². The van der Waals surface area contributed by atoms with Crippen LogP contribution in [0.2, 0.25) is 0 Å². The second-order valence-electron chi connectivity index (χ2n) is 11.6. The first kappa shape index (κ1) is 38.0. The van der Waals surface area contributed by atoms with Crippen LogP contribution in [0.5, 0.6) is 0 Å². The van der Waals surface area contributed by atoms with Crippen LogP contribution < -0.4 is 0 Å². The molecule has 0 amide bonds. The van der Waals surface area contributed by atoms with Crippen LogP contribution in [0.3, 0.4) is 0 Å². The zero-order valence-electron chi connectivity index (χ0n) is 27.3. The fourth-order valence-corrected chi connectivity index (χ4v) is 7.72. The van der Waals surface area contributed by atoms with Gasteiger partial charge in [0.15, 0.2) is 0 Å². The molecular weight excluding hydrogens is 535 g/mol. The van der Waals surface area contributed by atoms with E-state index < -0.39 is 11.9 Å². The molecule has 236 valence electrons. The predicted octanol–water partition coefficient (Wildman–Crippen LogP) is 12.2. The summed E-state index contributed by atoms with van der Waals surface area (Å²) in [5, 5.41) is 0. The molecule has 2 aromatic carbocycles. The van der Waals surface area contributed by atoms with E-state index in [1.807, 2.05) is 0 Å². The molecule has 0 aliphatic carbocycles. The van der Waals surface area contributed by atoms with Crippen LogP contribution in [0.1, 0.15) is 157 Å². The molecule has 2 rings (SSSR count). The Kier molecular flexibility index (Phi) is 25.2. The Morgan fingerprint density at radius 2 is 0.738 bits per heavy atom. The number of hydrogen-bond donors (Lipinski definition) is 0. The standard InChI is InChI=1S/C24H51P.C14H10O3/c1-4-7-10-13-16-19-22-25(23-20-17-14-11-8-5-2)24-21-18-15-12-9-6-3;15-13(11-7-3-1-4-8-11)17-14(16)12-9-5-2-6-10-12/h4-24H2,1-3H3;1-10H. The molecule has 0 aliphatic rings. The van der Waals surface area contributed by atoms with Gasteiger partial charge in [-0.15, -0.1) is 7.92 Å². The second-order valence-corrected chi connectivity index (χ2v) is 14.2. The van der Waals surface area contributed by atoms with Crippen molar-refractivity contribution in [2.45, 2.75) is 136 Å².